The smallest absolute Gasteiger partial charge is 0.128 e. The van der Waals surface area contributed by atoms with E-state index in [0.717, 1.165) is 22.4 Å². The molecule has 1 aliphatic rings. The van der Waals surface area contributed by atoms with Crippen LogP contribution in [0, 0.1) is 25.2 Å². The highest BCUT2D eigenvalue weighted by Gasteiger charge is 2.16. The molecule has 0 spiro atoms. The lowest BCUT2D eigenvalue weighted by atomic mass is 9.97. The van der Waals surface area contributed by atoms with Crippen LogP contribution in [0.4, 0.5) is 0 Å². The third-order valence-corrected chi connectivity index (χ3v) is 2.36. The van der Waals surface area contributed by atoms with Gasteiger partial charge in [-0.15, -0.1) is 0 Å². The molecule has 0 N–H and O–H groups in total. The molecule has 2 nitrogen and oxygen atoms in total. The van der Waals surface area contributed by atoms with E-state index in [9.17, 15) is 0 Å². The molecule has 0 aliphatic carbocycles. The molecule has 1 aromatic carbocycles. The molecule has 70 valence electrons. The fourth-order valence-corrected chi connectivity index (χ4v) is 1.81. The van der Waals surface area contributed by atoms with Gasteiger partial charge < -0.3 is 4.74 Å². The van der Waals surface area contributed by atoms with E-state index in [1.807, 2.05) is 26.0 Å². The Balaban J connectivity index is 2.67. The van der Waals surface area contributed by atoms with Crippen molar-refractivity contribution in [3.63, 3.8) is 0 Å². The Hall–Kier alpha value is -1.75. The van der Waals surface area contributed by atoms with Gasteiger partial charge in [0, 0.05) is 5.56 Å². The van der Waals surface area contributed by atoms with Crippen molar-refractivity contribution < 1.29 is 4.74 Å². The van der Waals surface area contributed by atoms with Crippen LogP contribution in [0.5, 0.6) is 5.75 Å². The van der Waals surface area contributed by atoms with Crippen LogP contribution in [0.1, 0.15) is 16.7 Å². The van der Waals surface area contributed by atoms with Crippen molar-refractivity contribution in [1.82, 2.24) is 0 Å². The Morgan fingerprint density at radius 1 is 1.36 bits per heavy atom. The SMILES string of the molecule is Cc1cc(C)c2c(c1)OCC=C2C#N. The molecule has 0 atom stereocenters. The summed E-state index contributed by atoms with van der Waals surface area (Å²) in [7, 11) is 0. The lowest BCUT2D eigenvalue weighted by molar-refractivity contribution is 0.357. The molecule has 2 heteroatoms. The molecule has 0 aromatic heterocycles. The highest BCUT2D eigenvalue weighted by Crippen LogP contribution is 2.33. The molecule has 0 bridgehead atoms. The molecule has 1 aliphatic heterocycles. The van der Waals surface area contributed by atoms with Gasteiger partial charge in [0.25, 0.3) is 0 Å². The predicted octanol–water partition coefficient (Wildman–Crippen LogP) is 2.60. The minimum absolute atomic E-state index is 0.499. The van der Waals surface area contributed by atoms with Gasteiger partial charge in [0.1, 0.15) is 12.4 Å². The first-order valence-electron chi connectivity index (χ1n) is 4.57. The molecule has 1 heterocycles. The van der Waals surface area contributed by atoms with Crippen LogP contribution in [0.25, 0.3) is 5.57 Å². The summed E-state index contributed by atoms with van der Waals surface area (Å²) in [5.74, 6) is 0.835. The van der Waals surface area contributed by atoms with Crippen molar-refractivity contribution in [2.75, 3.05) is 6.61 Å². The van der Waals surface area contributed by atoms with Gasteiger partial charge in [-0.2, -0.15) is 5.26 Å². The second-order valence-corrected chi connectivity index (χ2v) is 3.50. The van der Waals surface area contributed by atoms with Crippen LogP contribution < -0.4 is 4.74 Å². The Morgan fingerprint density at radius 2 is 2.14 bits per heavy atom. The fraction of sp³-hybridized carbons (Fsp3) is 0.250. The number of nitriles is 1. The Morgan fingerprint density at radius 3 is 2.86 bits per heavy atom. The largest absolute Gasteiger partial charge is 0.489 e. The van der Waals surface area contributed by atoms with E-state index in [-0.39, 0.29) is 0 Å². The number of benzene rings is 1. The van der Waals surface area contributed by atoms with E-state index < -0.39 is 0 Å². The highest BCUT2D eigenvalue weighted by molar-refractivity contribution is 5.83. The van der Waals surface area contributed by atoms with Crippen molar-refractivity contribution in [3.8, 4) is 11.8 Å². The number of ether oxygens (including phenoxy) is 1. The summed E-state index contributed by atoms with van der Waals surface area (Å²) in [6.07, 6.45) is 1.82. The maximum Gasteiger partial charge on any atom is 0.128 e. The summed E-state index contributed by atoms with van der Waals surface area (Å²) in [5, 5.41) is 8.96. The molecule has 0 saturated carbocycles. The maximum atomic E-state index is 8.96. The normalized spacial score (nSPS) is 13.6. The number of hydrogen-bond donors (Lipinski definition) is 0. The average Bonchev–Trinajstić information content (AvgIpc) is 2.16. The van der Waals surface area contributed by atoms with Crippen molar-refractivity contribution in [1.29, 1.82) is 5.26 Å². The Labute approximate surface area is 83.4 Å². The lowest BCUT2D eigenvalue weighted by Crippen LogP contribution is -2.05. The summed E-state index contributed by atoms with van der Waals surface area (Å²) in [6.45, 7) is 4.53. The van der Waals surface area contributed by atoms with Crippen LogP contribution in [-0.4, -0.2) is 6.61 Å². The molecule has 14 heavy (non-hydrogen) atoms. The minimum atomic E-state index is 0.499. The number of aryl methyl sites for hydroxylation is 2. The zero-order valence-electron chi connectivity index (χ0n) is 8.29. The number of rotatable bonds is 0. The molecule has 2 rings (SSSR count). The van der Waals surface area contributed by atoms with Crippen molar-refractivity contribution in [2.45, 2.75) is 13.8 Å². The molecular weight excluding hydrogens is 174 g/mol. The topological polar surface area (TPSA) is 33.0 Å². The molecule has 1 aromatic rings. The average molecular weight is 185 g/mol. The zero-order chi connectivity index (χ0) is 10.1. The first-order chi connectivity index (χ1) is 6.72. The summed E-state index contributed by atoms with van der Waals surface area (Å²) in [5.41, 5.74) is 3.95. The van der Waals surface area contributed by atoms with Crippen LogP contribution in [-0.2, 0) is 0 Å². The quantitative estimate of drug-likeness (QED) is 0.622. The summed E-state index contributed by atoms with van der Waals surface area (Å²) in [4.78, 5) is 0. The van der Waals surface area contributed by atoms with Gasteiger partial charge in [0.2, 0.25) is 0 Å². The molecular formula is C12H11NO. The zero-order valence-corrected chi connectivity index (χ0v) is 8.29. The fourth-order valence-electron chi connectivity index (χ4n) is 1.81. The van der Waals surface area contributed by atoms with E-state index in [2.05, 4.69) is 12.1 Å². The third kappa shape index (κ3) is 1.27. The van der Waals surface area contributed by atoms with Crippen molar-refractivity contribution in [2.24, 2.45) is 0 Å². The first-order valence-corrected chi connectivity index (χ1v) is 4.57. The number of fused-ring (bicyclic) bond motifs is 1. The van der Waals surface area contributed by atoms with Crippen LogP contribution >= 0.6 is 0 Å². The van der Waals surface area contributed by atoms with Crippen molar-refractivity contribution >= 4 is 5.57 Å². The van der Waals surface area contributed by atoms with Crippen LogP contribution in [0.3, 0.4) is 0 Å². The van der Waals surface area contributed by atoms with Gasteiger partial charge in [-0.1, -0.05) is 6.07 Å². The standard InChI is InChI=1S/C12H11NO/c1-8-5-9(2)12-10(7-13)3-4-14-11(12)6-8/h3,5-6H,4H2,1-2H3. The van der Waals surface area contributed by atoms with E-state index in [1.54, 1.807) is 0 Å². The Bertz CT molecular complexity index is 452. The third-order valence-electron chi connectivity index (χ3n) is 2.36. The van der Waals surface area contributed by atoms with Gasteiger partial charge in [-0.05, 0) is 37.1 Å². The monoisotopic (exact) mass is 185 g/mol. The molecule has 0 saturated heterocycles. The van der Waals surface area contributed by atoms with Gasteiger partial charge in [0.05, 0.1) is 11.6 Å². The first kappa shape index (κ1) is 8.83. The van der Waals surface area contributed by atoms with Gasteiger partial charge in [-0.25, -0.2) is 0 Å². The molecule has 0 radical (unpaired) electrons. The number of hydrogen-bond acceptors (Lipinski definition) is 2. The van der Waals surface area contributed by atoms with Gasteiger partial charge in [0.15, 0.2) is 0 Å². The van der Waals surface area contributed by atoms with E-state index in [4.69, 9.17) is 10.00 Å². The number of nitrogens with zero attached hydrogens (tertiary/aromatic N) is 1. The molecule has 0 amide bonds. The predicted molar refractivity (Wildman–Crippen MR) is 55.0 cm³/mol. The van der Waals surface area contributed by atoms with Crippen LogP contribution in [0.2, 0.25) is 0 Å². The summed E-state index contributed by atoms with van der Waals surface area (Å²) >= 11 is 0. The minimum Gasteiger partial charge on any atom is -0.489 e. The lowest BCUT2D eigenvalue weighted by Gasteiger charge is -2.17. The van der Waals surface area contributed by atoms with Gasteiger partial charge >= 0.3 is 0 Å². The maximum absolute atomic E-state index is 8.96. The highest BCUT2D eigenvalue weighted by atomic mass is 16.5. The second-order valence-electron chi connectivity index (χ2n) is 3.50. The summed E-state index contributed by atoms with van der Waals surface area (Å²) < 4.78 is 5.49. The molecule has 0 unspecified atom stereocenters. The second kappa shape index (κ2) is 3.19. The van der Waals surface area contributed by atoms with Gasteiger partial charge in [-0.3, -0.25) is 0 Å². The van der Waals surface area contributed by atoms with E-state index in [1.165, 1.54) is 5.56 Å². The van der Waals surface area contributed by atoms with Crippen molar-refractivity contribution in [3.05, 3.63) is 34.9 Å². The Kier molecular flexibility index (Phi) is 2.01. The van der Waals surface area contributed by atoms with E-state index >= 15 is 0 Å². The van der Waals surface area contributed by atoms with E-state index in [0.29, 0.717) is 6.61 Å². The number of allylic oxidation sites excluding steroid dienone is 1. The van der Waals surface area contributed by atoms with Crippen LogP contribution in [0.15, 0.2) is 18.2 Å². The summed E-state index contributed by atoms with van der Waals surface area (Å²) in [6, 6.07) is 6.25. The molecule has 0 fully saturated rings.